The van der Waals surface area contributed by atoms with E-state index in [0.717, 1.165) is 6.07 Å². The molecule has 1 aromatic rings. The van der Waals surface area contributed by atoms with Crippen molar-refractivity contribution < 1.29 is 14.1 Å². The molecule has 0 aromatic carbocycles. The van der Waals surface area contributed by atoms with Crippen LogP contribution in [0.15, 0.2) is 16.5 Å². The number of nitrogens with one attached hydrogen (secondary N) is 1. The summed E-state index contributed by atoms with van der Waals surface area (Å²) in [6.45, 7) is 1.88. The van der Waals surface area contributed by atoms with Crippen molar-refractivity contribution in [1.29, 1.82) is 0 Å². The number of carbonyl (C=O) groups is 1. The van der Waals surface area contributed by atoms with Crippen LogP contribution in [0.25, 0.3) is 0 Å². The number of nitrogens with zero attached hydrogens (tertiary/aromatic N) is 1. The molecule has 0 saturated heterocycles. The molecule has 1 unspecified atom stereocenters. The molecular weight excluding hydrogens is 224 g/mol. The first-order valence-corrected chi connectivity index (χ1v) is 5.07. The summed E-state index contributed by atoms with van der Waals surface area (Å²) in [5, 5.41) is 13.0. The summed E-state index contributed by atoms with van der Waals surface area (Å²) in [6.07, 6.45) is 6.24. The van der Waals surface area contributed by atoms with Crippen LogP contribution >= 0.6 is 0 Å². The number of rotatable bonds is 5. The summed E-state index contributed by atoms with van der Waals surface area (Å²) in [5.74, 6) is 1.40. The highest BCUT2D eigenvalue weighted by Gasteiger charge is 2.18. The van der Waals surface area contributed by atoms with Crippen molar-refractivity contribution in [2.24, 2.45) is 0 Å². The number of terminal acetylenes is 1. The Bertz CT molecular complexity index is 458. The van der Waals surface area contributed by atoms with Crippen molar-refractivity contribution in [3.8, 4) is 12.3 Å². The van der Waals surface area contributed by atoms with Gasteiger partial charge in [-0.15, -0.1) is 12.3 Å². The van der Waals surface area contributed by atoms with E-state index >= 15 is 0 Å². The zero-order valence-electron chi connectivity index (χ0n) is 9.30. The molecule has 90 valence electrons. The van der Waals surface area contributed by atoms with E-state index in [2.05, 4.69) is 11.2 Å². The van der Waals surface area contributed by atoms with Crippen LogP contribution in [-0.2, 0) is 0 Å². The highest BCUT2D eigenvalue weighted by molar-refractivity contribution is 5.91. The van der Waals surface area contributed by atoms with Gasteiger partial charge in [0.05, 0.1) is 6.07 Å². The maximum absolute atomic E-state index is 11.6. The fourth-order valence-corrected chi connectivity index (χ4v) is 1.24. The van der Waals surface area contributed by atoms with Crippen LogP contribution in [0.4, 0.5) is 5.88 Å². The van der Waals surface area contributed by atoms with Gasteiger partial charge in [0.2, 0.25) is 0 Å². The maximum Gasteiger partial charge on any atom is 0.433 e. The Kier molecular flexibility index (Phi) is 4.29. The Labute approximate surface area is 98.1 Å². The first kappa shape index (κ1) is 12.8. The molecule has 1 rings (SSSR count). The zero-order chi connectivity index (χ0) is 12.8. The predicted molar refractivity (Wildman–Crippen MR) is 60.4 cm³/mol. The van der Waals surface area contributed by atoms with Crippen molar-refractivity contribution in [3.63, 3.8) is 0 Å². The van der Waals surface area contributed by atoms with Gasteiger partial charge in [0.15, 0.2) is 5.76 Å². The van der Waals surface area contributed by atoms with Gasteiger partial charge >= 0.3 is 5.88 Å². The van der Waals surface area contributed by atoms with Gasteiger partial charge in [-0.2, -0.15) is 0 Å². The molecule has 0 bridgehead atoms. The molecule has 6 nitrogen and oxygen atoms in total. The highest BCUT2D eigenvalue weighted by Crippen LogP contribution is 2.15. The van der Waals surface area contributed by atoms with Crippen LogP contribution in [0.3, 0.4) is 0 Å². The van der Waals surface area contributed by atoms with Crippen molar-refractivity contribution in [1.82, 2.24) is 5.32 Å². The number of hydrogen-bond donors (Lipinski definition) is 1. The van der Waals surface area contributed by atoms with Crippen LogP contribution in [0.5, 0.6) is 0 Å². The molecule has 1 N–H and O–H groups in total. The highest BCUT2D eigenvalue weighted by atomic mass is 16.6. The Morgan fingerprint density at radius 2 is 2.41 bits per heavy atom. The third kappa shape index (κ3) is 3.34. The van der Waals surface area contributed by atoms with E-state index in [1.54, 1.807) is 0 Å². The number of hydrogen-bond acceptors (Lipinski definition) is 4. The summed E-state index contributed by atoms with van der Waals surface area (Å²) in [7, 11) is 0. The normalized spacial score (nSPS) is 11.5. The quantitative estimate of drug-likeness (QED) is 0.479. The molecule has 0 aliphatic rings. The lowest BCUT2D eigenvalue weighted by Gasteiger charge is -2.12. The van der Waals surface area contributed by atoms with Gasteiger partial charge in [-0.1, -0.05) is 6.92 Å². The zero-order valence-corrected chi connectivity index (χ0v) is 9.30. The van der Waals surface area contributed by atoms with Gasteiger partial charge in [-0.3, -0.25) is 14.9 Å². The molecule has 1 heterocycles. The van der Waals surface area contributed by atoms with Crippen LogP contribution in [-0.4, -0.2) is 16.9 Å². The second kappa shape index (κ2) is 5.70. The van der Waals surface area contributed by atoms with Gasteiger partial charge in [-0.25, -0.2) is 0 Å². The molecule has 0 fully saturated rings. The Hall–Kier alpha value is -2.29. The summed E-state index contributed by atoms with van der Waals surface area (Å²) in [4.78, 5) is 21.3. The van der Waals surface area contributed by atoms with Crippen LogP contribution in [0.1, 0.15) is 30.3 Å². The van der Waals surface area contributed by atoms with E-state index in [0.29, 0.717) is 12.8 Å². The Morgan fingerprint density at radius 3 is 2.88 bits per heavy atom. The smallest absolute Gasteiger partial charge is 0.395 e. The molecule has 17 heavy (non-hydrogen) atoms. The van der Waals surface area contributed by atoms with E-state index in [1.807, 2.05) is 6.92 Å². The minimum Gasteiger partial charge on any atom is -0.395 e. The lowest BCUT2D eigenvalue weighted by atomic mass is 10.1. The number of amides is 1. The predicted octanol–water partition coefficient (Wildman–Crippen LogP) is 1.72. The standard InChI is InChI=1S/C11H12N2O4/c1-3-5-8(4-2)12-11(14)9-6-7-10(17-9)13(15)16/h1,6-8H,4-5H2,2H3,(H,12,14). The molecule has 0 radical (unpaired) electrons. The molecule has 0 saturated carbocycles. The minimum atomic E-state index is -0.699. The largest absolute Gasteiger partial charge is 0.433 e. The van der Waals surface area contributed by atoms with Gasteiger partial charge < -0.3 is 9.73 Å². The average Bonchev–Trinajstić information content (AvgIpc) is 2.77. The molecule has 6 heteroatoms. The van der Waals surface area contributed by atoms with Gasteiger partial charge in [0.25, 0.3) is 5.91 Å². The average molecular weight is 236 g/mol. The van der Waals surface area contributed by atoms with E-state index in [4.69, 9.17) is 10.8 Å². The summed E-state index contributed by atoms with van der Waals surface area (Å²) >= 11 is 0. The topological polar surface area (TPSA) is 85.4 Å². The van der Waals surface area contributed by atoms with Crippen LogP contribution in [0, 0.1) is 22.5 Å². The molecule has 0 aliphatic carbocycles. The van der Waals surface area contributed by atoms with Crippen LogP contribution < -0.4 is 5.32 Å². The lowest BCUT2D eigenvalue weighted by molar-refractivity contribution is -0.402. The molecular formula is C11H12N2O4. The molecule has 0 spiro atoms. The van der Waals surface area contributed by atoms with E-state index < -0.39 is 16.7 Å². The number of nitro groups is 1. The third-order valence-electron chi connectivity index (χ3n) is 2.19. The van der Waals surface area contributed by atoms with Crippen molar-refractivity contribution >= 4 is 11.8 Å². The molecule has 1 aromatic heterocycles. The second-order valence-corrected chi connectivity index (χ2v) is 3.38. The van der Waals surface area contributed by atoms with E-state index in [9.17, 15) is 14.9 Å². The molecule has 1 amide bonds. The fourth-order valence-electron chi connectivity index (χ4n) is 1.24. The SMILES string of the molecule is C#CCC(CC)NC(=O)c1ccc([N+](=O)[O-])o1. The van der Waals surface area contributed by atoms with Gasteiger partial charge in [0, 0.05) is 12.5 Å². The van der Waals surface area contributed by atoms with Gasteiger partial charge in [0.1, 0.15) is 4.92 Å². The van der Waals surface area contributed by atoms with Gasteiger partial charge in [-0.05, 0) is 12.5 Å². The fraction of sp³-hybridized carbons (Fsp3) is 0.364. The first-order chi connectivity index (χ1) is 8.08. The third-order valence-corrected chi connectivity index (χ3v) is 2.19. The maximum atomic E-state index is 11.6. The summed E-state index contributed by atoms with van der Waals surface area (Å²) < 4.78 is 4.77. The second-order valence-electron chi connectivity index (χ2n) is 3.38. The van der Waals surface area contributed by atoms with Crippen LogP contribution in [0.2, 0.25) is 0 Å². The summed E-state index contributed by atoms with van der Waals surface area (Å²) in [6, 6.07) is 2.24. The Morgan fingerprint density at radius 1 is 1.71 bits per heavy atom. The first-order valence-electron chi connectivity index (χ1n) is 5.07. The van der Waals surface area contributed by atoms with E-state index in [-0.39, 0.29) is 11.8 Å². The van der Waals surface area contributed by atoms with Crippen molar-refractivity contribution in [2.45, 2.75) is 25.8 Å². The minimum absolute atomic E-state index is 0.0906. The molecule has 0 aliphatic heterocycles. The number of furan rings is 1. The van der Waals surface area contributed by atoms with Crippen molar-refractivity contribution in [3.05, 3.63) is 28.0 Å². The van der Waals surface area contributed by atoms with E-state index in [1.165, 1.54) is 6.07 Å². The summed E-state index contributed by atoms with van der Waals surface area (Å²) in [5.41, 5.74) is 0. The Balaban J connectivity index is 2.69. The lowest BCUT2D eigenvalue weighted by Crippen LogP contribution is -2.33. The van der Waals surface area contributed by atoms with Crippen molar-refractivity contribution in [2.75, 3.05) is 0 Å². The monoisotopic (exact) mass is 236 g/mol. The number of carbonyl (C=O) groups excluding carboxylic acids is 1. The molecule has 1 atom stereocenters.